The van der Waals surface area contributed by atoms with Crippen molar-refractivity contribution in [2.24, 2.45) is 5.73 Å². The first-order valence-electron chi connectivity index (χ1n) is 7.04. The van der Waals surface area contributed by atoms with Gasteiger partial charge in [-0.25, -0.2) is 4.39 Å². The topological polar surface area (TPSA) is 38.5 Å². The minimum atomic E-state index is -0.194. The van der Waals surface area contributed by atoms with Gasteiger partial charge in [-0.3, -0.25) is 4.90 Å². The molecule has 0 amide bonds. The van der Waals surface area contributed by atoms with Crippen molar-refractivity contribution in [2.45, 2.75) is 39.0 Å². The summed E-state index contributed by atoms with van der Waals surface area (Å²) in [5, 5.41) is 0. The van der Waals surface area contributed by atoms with Gasteiger partial charge in [-0.1, -0.05) is 13.0 Å². The number of ether oxygens (including phenoxy) is 1. The minimum Gasteiger partial charge on any atom is -0.377 e. The van der Waals surface area contributed by atoms with Gasteiger partial charge in [-0.05, 0) is 42.6 Å². The average Bonchev–Trinajstić information content (AvgIpc) is 2.91. The second-order valence-corrected chi connectivity index (χ2v) is 5.08. The lowest BCUT2D eigenvalue weighted by atomic mass is 10.1. The van der Waals surface area contributed by atoms with E-state index in [2.05, 4.69) is 11.8 Å². The molecule has 1 unspecified atom stereocenters. The lowest BCUT2D eigenvalue weighted by Gasteiger charge is -2.24. The van der Waals surface area contributed by atoms with Crippen LogP contribution in [0.4, 0.5) is 4.39 Å². The van der Waals surface area contributed by atoms with Crippen LogP contribution in [0.25, 0.3) is 0 Å². The third kappa shape index (κ3) is 4.00. The van der Waals surface area contributed by atoms with Crippen LogP contribution in [0.5, 0.6) is 0 Å². The molecule has 106 valence electrons. The lowest BCUT2D eigenvalue weighted by molar-refractivity contribution is 0.0724. The summed E-state index contributed by atoms with van der Waals surface area (Å²) in [7, 11) is 0. The van der Waals surface area contributed by atoms with E-state index in [-0.39, 0.29) is 5.82 Å². The Hall–Kier alpha value is -0.970. The molecular weight excluding hydrogens is 243 g/mol. The largest absolute Gasteiger partial charge is 0.377 e. The molecule has 2 rings (SSSR count). The van der Waals surface area contributed by atoms with Crippen molar-refractivity contribution in [1.82, 2.24) is 4.90 Å². The van der Waals surface area contributed by atoms with E-state index in [9.17, 15) is 4.39 Å². The molecule has 19 heavy (non-hydrogen) atoms. The molecule has 1 saturated heterocycles. The van der Waals surface area contributed by atoms with Gasteiger partial charge in [0, 0.05) is 26.2 Å². The molecule has 1 heterocycles. The van der Waals surface area contributed by atoms with E-state index in [1.54, 1.807) is 12.1 Å². The fraction of sp³-hybridized carbons (Fsp3) is 0.600. The molecule has 1 aromatic carbocycles. The number of benzene rings is 1. The van der Waals surface area contributed by atoms with Crippen molar-refractivity contribution in [1.29, 1.82) is 0 Å². The summed E-state index contributed by atoms with van der Waals surface area (Å²) in [6.45, 7) is 6.03. The molecule has 1 aromatic rings. The van der Waals surface area contributed by atoms with Crippen LogP contribution in [0.15, 0.2) is 18.2 Å². The first kappa shape index (κ1) is 14.4. The van der Waals surface area contributed by atoms with Gasteiger partial charge < -0.3 is 10.5 Å². The van der Waals surface area contributed by atoms with Gasteiger partial charge in [0.2, 0.25) is 0 Å². The first-order chi connectivity index (χ1) is 9.22. The highest BCUT2D eigenvalue weighted by atomic mass is 19.1. The Bertz CT molecular complexity index is 405. The maximum atomic E-state index is 13.4. The van der Waals surface area contributed by atoms with Crippen LogP contribution >= 0.6 is 0 Å². The Morgan fingerprint density at radius 3 is 2.89 bits per heavy atom. The highest BCUT2D eigenvalue weighted by Gasteiger charge is 2.19. The molecule has 2 N–H and O–H groups in total. The number of nitrogens with zero attached hydrogens (tertiary/aromatic N) is 1. The zero-order valence-corrected chi connectivity index (χ0v) is 11.6. The van der Waals surface area contributed by atoms with E-state index in [4.69, 9.17) is 10.5 Å². The Labute approximate surface area is 114 Å². The minimum absolute atomic E-state index is 0.194. The second-order valence-electron chi connectivity index (χ2n) is 5.08. The van der Waals surface area contributed by atoms with Crippen LogP contribution < -0.4 is 5.73 Å². The predicted octanol–water partition coefficient (Wildman–Crippen LogP) is 2.29. The van der Waals surface area contributed by atoms with Crippen molar-refractivity contribution < 1.29 is 9.13 Å². The van der Waals surface area contributed by atoms with Crippen LogP contribution in [0.2, 0.25) is 0 Å². The highest BCUT2D eigenvalue weighted by Crippen LogP contribution is 2.17. The molecule has 0 aliphatic carbocycles. The van der Waals surface area contributed by atoms with Crippen LogP contribution in [0.1, 0.15) is 30.9 Å². The van der Waals surface area contributed by atoms with Crippen LogP contribution in [0, 0.1) is 5.82 Å². The molecule has 1 atom stereocenters. The fourth-order valence-corrected chi connectivity index (χ4v) is 2.56. The van der Waals surface area contributed by atoms with Gasteiger partial charge >= 0.3 is 0 Å². The molecule has 0 saturated carbocycles. The van der Waals surface area contributed by atoms with E-state index in [0.717, 1.165) is 50.2 Å². The third-order valence-corrected chi connectivity index (χ3v) is 3.72. The number of nitrogens with two attached hydrogens (primary N) is 1. The fourth-order valence-electron chi connectivity index (χ4n) is 2.56. The van der Waals surface area contributed by atoms with E-state index < -0.39 is 0 Å². The molecule has 0 bridgehead atoms. The molecule has 0 radical (unpaired) electrons. The summed E-state index contributed by atoms with van der Waals surface area (Å²) in [5.41, 5.74) is 7.72. The van der Waals surface area contributed by atoms with Crippen molar-refractivity contribution in [3.8, 4) is 0 Å². The SMILES string of the molecule is CCN(Cc1cc(F)ccc1CN)CC1CCCO1. The van der Waals surface area contributed by atoms with Gasteiger partial charge in [-0.15, -0.1) is 0 Å². The Kier molecular flexibility index (Phi) is 5.31. The molecule has 1 fully saturated rings. The quantitative estimate of drug-likeness (QED) is 0.858. The molecular formula is C15H23FN2O. The van der Waals surface area contributed by atoms with Crippen LogP contribution in [0.3, 0.4) is 0 Å². The maximum absolute atomic E-state index is 13.4. The molecule has 0 aromatic heterocycles. The standard InChI is InChI=1S/C15H23FN2O/c1-2-18(11-15-4-3-7-19-15)10-13-8-14(16)6-5-12(13)9-17/h5-6,8,15H,2-4,7,9-11,17H2,1H3. The number of hydrogen-bond acceptors (Lipinski definition) is 3. The normalized spacial score (nSPS) is 19.3. The Balaban J connectivity index is 2.02. The maximum Gasteiger partial charge on any atom is 0.123 e. The number of rotatable bonds is 6. The predicted molar refractivity (Wildman–Crippen MR) is 74.2 cm³/mol. The van der Waals surface area contributed by atoms with Crippen molar-refractivity contribution in [3.63, 3.8) is 0 Å². The van der Waals surface area contributed by atoms with E-state index in [1.165, 1.54) is 6.07 Å². The van der Waals surface area contributed by atoms with Gasteiger partial charge in [0.15, 0.2) is 0 Å². The van der Waals surface area contributed by atoms with Gasteiger partial charge in [0.05, 0.1) is 6.10 Å². The van der Waals surface area contributed by atoms with Crippen molar-refractivity contribution >= 4 is 0 Å². The monoisotopic (exact) mass is 266 g/mol. The summed E-state index contributed by atoms with van der Waals surface area (Å²) in [5.74, 6) is -0.194. The molecule has 0 spiro atoms. The summed E-state index contributed by atoms with van der Waals surface area (Å²) in [6, 6.07) is 4.85. The average molecular weight is 266 g/mol. The smallest absolute Gasteiger partial charge is 0.123 e. The summed E-state index contributed by atoms with van der Waals surface area (Å²) in [6.07, 6.45) is 2.61. The zero-order valence-electron chi connectivity index (χ0n) is 11.6. The molecule has 4 heteroatoms. The lowest BCUT2D eigenvalue weighted by Crippen LogP contribution is -2.32. The van der Waals surface area contributed by atoms with Gasteiger partial charge in [0.25, 0.3) is 0 Å². The molecule has 1 aliphatic heterocycles. The third-order valence-electron chi connectivity index (χ3n) is 3.72. The van der Waals surface area contributed by atoms with Crippen LogP contribution in [-0.4, -0.2) is 30.7 Å². The second kappa shape index (κ2) is 6.98. The van der Waals surface area contributed by atoms with Crippen molar-refractivity contribution in [3.05, 3.63) is 35.1 Å². The molecule has 1 aliphatic rings. The highest BCUT2D eigenvalue weighted by molar-refractivity contribution is 5.27. The van der Waals surface area contributed by atoms with E-state index in [0.29, 0.717) is 12.6 Å². The number of likely N-dealkylation sites (N-methyl/N-ethyl adjacent to an activating group) is 1. The van der Waals surface area contributed by atoms with Crippen molar-refractivity contribution in [2.75, 3.05) is 19.7 Å². The number of halogens is 1. The van der Waals surface area contributed by atoms with Gasteiger partial charge in [-0.2, -0.15) is 0 Å². The van der Waals surface area contributed by atoms with E-state index >= 15 is 0 Å². The molecule has 3 nitrogen and oxygen atoms in total. The summed E-state index contributed by atoms with van der Waals surface area (Å²) < 4.78 is 19.0. The summed E-state index contributed by atoms with van der Waals surface area (Å²) >= 11 is 0. The number of hydrogen-bond donors (Lipinski definition) is 1. The van der Waals surface area contributed by atoms with Crippen LogP contribution in [-0.2, 0) is 17.8 Å². The summed E-state index contributed by atoms with van der Waals surface area (Å²) in [4.78, 5) is 2.30. The Morgan fingerprint density at radius 1 is 1.42 bits per heavy atom. The van der Waals surface area contributed by atoms with E-state index in [1.807, 2.05) is 0 Å². The zero-order chi connectivity index (χ0) is 13.7. The first-order valence-corrected chi connectivity index (χ1v) is 7.04. The van der Waals surface area contributed by atoms with Gasteiger partial charge in [0.1, 0.15) is 5.82 Å². The Morgan fingerprint density at radius 2 is 2.26 bits per heavy atom.